The van der Waals surface area contributed by atoms with E-state index in [9.17, 15) is 5.11 Å². The maximum absolute atomic E-state index is 9.24. The Labute approximate surface area is 82.0 Å². The molecule has 1 aromatic heterocycles. The lowest BCUT2D eigenvalue weighted by atomic mass is 10.2. The fraction of sp³-hybridized carbons (Fsp3) is 0.182. The molecule has 2 aromatic rings. The van der Waals surface area contributed by atoms with Crippen molar-refractivity contribution in [3.63, 3.8) is 0 Å². The Morgan fingerprint density at radius 1 is 1.29 bits per heavy atom. The zero-order valence-corrected chi connectivity index (χ0v) is 7.90. The number of fused-ring (bicyclic) bond motifs is 1. The molecule has 3 nitrogen and oxygen atoms in total. The summed E-state index contributed by atoms with van der Waals surface area (Å²) >= 11 is 0. The highest BCUT2D eigenvalue weighted by atomic mass is 16.5. The van der Waals surface area contributed by atoms with Crippen LogP contribution in [0.2, 0.25) is 0 Å². The molecule has 0 atom stereocenters. The predicted molar refractivity (Wildman–Crippen MR) is 54.6 cm³/mol. The Morgan fingerprint density at radius 2 is 2.14 bits per heavy atom. The number of benzene rings is 1. The van der Waals surface area contributed by atoms with Crippen LogP contribution in [0.15, 0.2) is 30.3 Å². The van der Waals surface area contributed by atoms with Crippen molar-refractivity contribution in [2.24, 2.45) is 0 Å². The lowest BCUT2D eigenvalue weighted by Crippen LogP contribution is -1.93. The van der Waals surface area contributed by atoms with Crippen LogP contribution in [-0.2, 0) is 0 Å². The summed E-state index contributed by atoms with van der Waals surface area (Å²) in [6, 6.07) is 8.74. The van der Waals surface area contributed by atoms with E-state index in [1.807, 2.05) is 13.0 Å². The minimum Gasteiger partial charge on any atom is -0.508 e. The van der Waals surface area contributed by atoms with Gasteiger partial charge in [0.05, 0.1) is 12.1 Å². The summed E-state index contributed by atoms with van der Waals surface area (Å²) in [4.78, 5) is 4.27. The zero-order valence-electron chi connectivity index (χ0n) is 7.90. The van der Waals surface area contributed by atoms with Crippen LogP contribution < -0.4 is 4.74 Å². The van der Waals surface area contributed by atoms with Crippen LogP contribution in [-0.4, -0.2) is 16.7 Å². The summed E-state index contributed by atoms with van der Waals surface area (Å²) in [7, 11) is 0. The number of aromatic hydroxyl groups is 1. The number of aromatic nitrogens is 1. The molecule has 0 spiro atoms. The van der Waals surface area contributed by atoms with E-state index in [1.54, 1.807) is 24.3 Å². The van der Waals surface area contributed by atoms with E-state index < -0.39 is 0 Å². The van der Waals surface area contributed by atoms with Crippen LogP contribution in [0.1, 0.15) is 6.92 Å². The normalized spacial score (nSPS) is 10.4. The van der Waals surface area contributed by atoms with Gasteiger partial charge in [-0.05, 0) is 31.2 Å². The second-order valence-corrected chi connectivity index (χ2v) is 2.96. The largest absolute Gasteiger partial charge is 0.508 e. The van der Waals surface area contributed by atoms with Crippen LogP contribution in [0.25, 0.3) is 10.9 Å². The molecule has 0 aliphatic heterocycles. The number of nitrogens with zero attached hydrogens (tertiary/aromatic N) is 1. The van der Waals surface area contributed by atoms with Crippen LogP contribution in [0, 0.1) is 0 Å². The summed E-state index contributed by atoms with van der Waals surface area (Å²) in [5.41, 5.74) is 0.828. The van der Waals surface area contributed by atoms with Crippen molar-refractivity contribution >= 4 is 10.9 Å². The van der Waals surface area contributed by atoms with E-state index in [-0.39, 0.29) is 5.75 Å². The van der Waals surface area contributed by atoms with Gasteiger partial charge in [-0.3, -0.25) is 0 Å². The van der Waals surface area contributed by atoms with Gasteiger partial charge in [0.2, 0.25) is 5.88 Å². The Kier molecular flexibility index (Phi) is 2.23. The zero-order chi connectivity index (χ0) is 9.97. The molecule has 72 valence electrons. The minimum atomic E-state index is 0.253. The van der Waals surface area contributed by atoms with Crippen LogP contribution in [0.3, 0.4) is 0 Å². The number of ether oxygens (including phenoxy) is 1. The second kappa shape index (κ2) is 3.54. The number of rotatable bonds is 2. The lowest BCUT2D eigenvalue weighted by Gasteiger charge is -2.03. The second-order valence-electron chi connectivity index (χ2n) is 2.96. The molecule has 0 amide bonds. The Balaban J connectivity index is 2.50. The highest BCUT2D eigenvalue weighted by Crippen LogP contribution is 2.20. The minimum absolute atomic E-state index is 0.253. The average Bonchev–Trinajstić information content (AvgIpc) is 2.19. The standard InChI is InChI=1S/C11H11NO2/c1-2-14-11-6-3-8-7-9(13)4-5-10(8)12-11/h3-7,13H,2H2,1H3. The van der Waals surface area contributed by atoms with Crippen LogP contribution >= 0.6 is 0 Å². The first kappa shape index (κ1) is 8.81. The van der Waals surface area contributed by atoms with Gasteiger partial charge >= 0.3 is 0 Å². The number of hydrogen-bond donors (Lipinski definition) is 1. The Morgan fingerprint density at radius 3 is 2.93 bits per heavy atom. The fourth-order valence-electron chi connectivity index (χ4n) is 1.32. The third kappa shape index (κ3) is 1.62. The third-order valence-electron chi connectivity index (χ3n) is 1.94. The fourth-order valence-corrected chi connectivity index (χ4v) is 1.32. The Bertz CT molecular complexity index is 454. The molecule has 0 bridgehead atoms. The van der Waals surface area contributed by atoms with E-state index in [0.717, 1.165) is 10.9 Å². The van der Waals surface area contributed by atoms with Crippen molar-refractivity contribution < 1.29 is 9.84 Å². The summed E-state index contributed by atoms with van der Waals surface area (Å²) in [5, 5.41) is 10.2. The molecule has 1 N–H and O–H groups in total. The molecule has 0 aliphatic rings. The van der Waals surface area contributed by atoms with Crippen molar-refractivity contribution in [2.75, 3.05) is 6.61 Å². The molecule has 0 unspecified atom stereocenters. The number of phenolic OH excluding ortho intramolecular Hbond substituents is 1. The van der Waals surface area contributed by atoms with Gasteiger partial charge in [-0.2, -0.15) is 0 Å². The average molecular weight is 189 g/mol. The lowest BCUT2D eigenvalue weighted by molar-refractivity contribution is 0.328. The maximum atomic E-state index is 9.24. The summed E-state index contributed by atoms with van der Waals surface area (Å²) in [6.07, 6.45) is 0. The highest BCUT2D eigenvalue weighted by molar-refractivity contribution is 5.80. The van der Waals surface area contributed by atoms with Gasteiger partial charge in [-0.1, -0.05) is 0 Å². The quantitative estimate of drug-likeness (QED) is 0.788. The monoisotopic (exact) mass is 189 g/mol. The highest BCUT2D eigenvalue weighted by Gasteiger charge is 1.98. The Hall–Kier alpha value is -1.77. The predicted octanol–water partition coefficient (Wildman–Crippen LogP) is 2.34. The van der Waals surface area contributed by atoms with Gasteiger partial charge in [0.25, 0.3) is 0 Å². The first-order valence-electron chi connectivity index (χ1n) is 4.52. The molecule has 0 radical (unpaired) electrons. The van der Waals surface area contributed by atoms with Gasteiger partial charge in [-0.15, -0.1) is 0 Å². The van der Waals surface area contributed by atoms with E-state index >= 15 is 0 Å². The van der Waals surface area contributed by atoms with Crippen LogP contribution in [0.5, 0.6) is 11.6 Å². The van der Waals surface area contributed by atoms with Gasteiger partial charge < -0.3 is 9.84 Å². The van der Waals surface area contributed by atoms with Crippen molar-refractivity contribution in [3.8, 4) is 11.6 Å². The third-order valence-corrected chi connectivity index (χ3v) is 1.94. The molecule has 0 saturated carbocycles. The van der Waals surface area contributed by atoms with Crippen molar-refractivity contribution in [3.05, 3.63) is 30.3 Å². The van der Waals surface area contributed by atoms with E-state index in [1.165, 1.54) is 0 Å². The molecular weight excluding hydrogens is 178 g/mol. The van der Waals surface area contributed by atoms with Crippen molar-refractivity contribution in [2.45, 2.75) is 6.92 Å². The molecule has 3 heteroatoms. The molecule has 1 heterocycles. The first-order chi connectivity index (χ1) is 6.79. The van der Waals surface area contributed by atoms with Gasteiger partial charge in [0.1, 0.15) is 5.75 Å². The van der Waals surface area contributed by atoms with E-state index in [4.69, 9.17) is 4.74 Å². The van der Waals surface area contributed by atoms with Crippen molar-refractivity contribution in [1.82, 2.24) is 4.98 Å². The number of pyridine rings is 1. The molecule has 0 fully saturated rings. The molecule has 0 saturated heterocycles. The number of phenols is 1. The number of hydrogen-bond acceptors (Lipinski definition) is 3. The van der Waals surface area contributed by atoms with Gasteiger partial charge in [-0.25, -0.2) is 4.98 Å². The molecule has 2 rings (SSSR count). The first-order valence-corrected chi connectivity index (χ1v) is 4.52. The van der Waals surface area contributed by atoms with E-state index in [2.05, 4.69) is 4.98 Å². The van der Waals surface area contributed by atoms with E-state index in [0.29, 0.717) is 12.5 Å². The van der Waals surface area contributed by atoms with Gasteiger partial charge in [0.15, 0.2) is 0 Å². The summed E-state index contributed by atoms with van der Waals surface area (Å²) in [5.74, 6) is 0.870. The van der Waals surface area contributed by atoms with Crippen molar-refractivity contribution in [1.29, 1.82) is 0 Å². The summed E-state index contributed by atoms with van der Waals surface area (Å²) < 4.78 is 5.27. The molecular formula is C11H11NO2. The molecule has 14 heavy (non-hydrogen) atoms. The molecule has 0 aliphatic carbocycles. The molecule has 1 aromatic carbocycles. The van der Waals surface area contributed by atoms with Crippen LogP contribution in [0.4, 0.5) is 0 Å². The van der Waals surface area contributed by atoms with Gasteiger partial charge in [0, 0.05) is 11.5 Å². The topological polar surface area (TPSA) is 42.4 Å². The smallest absolute Gasteiger partial charge is 0.213 e. The maximum Gasteiger partial charge on any atom is 0.213 e. The SMILES string of the molecule is CCOc1ccc2cc(O)ccc2n1. The summed E-state index contributed by atoms with van der Waals surface area (Å²) in [6.45, 7) is 2.53.